The molecule has 0 aromatic heterocycles. The minimum Gasteiger partial charge on any atom is -0.504 e. The summed E-state index contributed by atoms with van der Waals surface area (Å²) in [6, 6.07) is 5.27. The quantitative estimate of drug-likeness (QED) is 0.264. The number of nitrogens with two attached hydrogens (primary N) is 1. The van der Waals surface area contributed by atoms with Crippen LogP contribution >= 0.6 is 24.0 Å². The van der Waals surface area contributed by atoms with Crippen molar-refractivity contribution < 1.29 is 14.6 Å². The molecule has 0 heterocycles. The van der Waals surface area contributed by atoms with Gasteiger partial charge in [0.05, 0.1) is 13.7 Å². The van der Waals surface area contributed by atoms with Crippen LogP contribution in [0.15, 0.2) is 23.2 Å². The zero-order valence-corrected chi connectivity index (χ0v) is 14.8. The average molecular weight is 409 g/mol. The van der Waals surface area contributed by atoms with E-state index in [4.69, 9.17) is 15.2 Å². The molecular formula is C14H24IN3O3. The SMILES string of the molecule is CCOCCCNC(N)=NCc1cccc(OC)c1O.I. The highest BCUT2D eigenvalue weighted by Crippen LogP contribution is 2.29. The van der Waals surface area contributed by atoms with Gasteiger partial charge in [0.2, 0.25) is 0 Å². The lowest BCUT2D eigenvalue weighted by molar-refractivity contribution is 0.145. The first-order valence-electron chi connectivity index (χ1n) is 6.65. The molecule has 0 saturated carbocycles. The first-order valence-corrected chi connectivity index (χ1v) is 6.65. The monoisotopic (exact) mass is 409 g/mol. The highest BCUT2D eigenvalue weighted by Gasteiger charge is 2.06. The summed E-state index contributed by atoms with van der Waals surface area (Å²) >= 11 is 0. The van der Waals surface area contributed by atoms with Crippen molar-refractivity contribution >= 4 is 29.9 Å². The highest BCUT2D eigenvalue weighted by molar-refractivity contribution is 14.0. The molecule has 0 fully saturated rings. The molecule has 0 aliphatic rings. The molecule has 1 aromatic rings. The molecule has 120 valence electrons. The second kappa shape index (κ2) is 11.4. The van der Waals surface area contributed by atoms with Gasteiger partial charge in [-0.05, 0) is 19.4 Å². The van der Waals surface area contributed by atoms with Crippen molar-refractivity contribution in [3.05, 3.63) is 23.8 Å². The number of aliphatic imine (C=N–C) groups is 1. The van der Waals surface area contributed by atoms with Crippen LogP contribution in [-0.4, -0.2) is 37.9 Å². The fourth-order valence-corrected chi connectivity index (χ4v) is 1.62. The van der Waals surface area contributed by atoms with E-state index >= 15 is 0 Å². The van der Waals surface area contributed by atoms with Crippen LogP contribution in [0.4, 0.5) is 0 Å². The predicted octanol–water partition coefficient (Wildman–Crippen LogP) is 1.85. The number of nitrogens with one attached hydrogen (secondary N) is 1. The van der Waals surface area contributed by atoms with Gasteiger partial charge in [-0.25, -0.2) is 4.99 Å². The summed E-state index contributed by atoms with van der Waals surface area (Å²) < 4.78 is 10.3. The molecule has 0 spiro atoms. The van der Waals surface area contributed by atoms with Crippen LogP contribution in [0.1, 0.15) is 18.9 Å². The van der Waals surface area contributed by atoms with Gasteiger partial charge in [-0.1, -0.05) is 12.1 Å². The maximum absolute atomic E-state index is 9.90. The molecule has 0 radical (unpaired) electrons. The number of para-hydroxylation sites is 1. The number of aromatic hydroxyl groups is 1. The molecule has 4 N–H and O–H groups in total. The van der Waals surface area contributed by atoms with Crippen LogP contribution in [0.3, 0.4) is 0 Å². The molecule has 21 heavy (non-hydrogen) atoms. The number of hydrogen-bond donors (Lipinski definition) is 3. The number of nitrogens with zero attached hydrogens (tertiary/aromatic N) is 1. The van der Waals surface area contributed by atoms with E-state index in [1.165, 1.54) is 7.11 Å². The molecule has 0 bridgehead atoms. The first-order chi connectivity index (χ1) is 9.69. The Kier molecular flexibility index (Phi) is 10.8. The second-order valence-corrected chi connectivity index (χ2v) is 4.15. The van der Waals surface area contributed by atoms with Crippen molar-refractivity contribution in [3.63, 3.8) is 0 Å². The molecule has 1 aromatic carbocycles. The molecule has 1 rings (SSSR count). The molecule has 0 aliphatic heterocycles. The maximum Gasteiger partial charge on any atom is 0.188 e. The Morgan fingerprint density at radius 2 is 2.19 bits per heavy atom. The van der Waals surface area contributed by atoms with E-state index in [-0.39, 0.29) is 29.7 Å². The van der Waals surface area contributed by atoms with Crippen LogP contribution < -0.4 is 15.8 Å². The number of benzene rings is 1. The van der Waals surface area contributed by atoms with Gasteiger partial charge in [0, 0.05) is 25.3 Å². The number of methoxy groups -OCH3 is 1. The minimum absolute atomic E-state index is 0. The standard InChI is InChI=1S/C14H23N3O3.HI/c1-3-20-9-5-8-16-14(15)17-10-11-6-4-7-12(19-2)13(11)18;/h4,6-7,18H,3,5,8-10H2,1-2H3,(H3,15,16,17);1H. The summed E-state index contributed by atoms with van der Waals surface area (Å²) in [4.78, 5) is 4.18. The molecule has 0 unspecified atom stereocenters. The van der Waals surface area contributed by atoms with Crippen LogP contribution in [0, 0.1) is 0 Å². The van der Waals surface area contributed by atoms with Crippen LogP contribution in [-0.2, 0) is 11.3 Å². The fourth-order valence-electron chi connectivity index (χ4n) is 1.62. The van der Waals surface area contributed by atoms with Gasteiger partial charge in [-0.2, -0.15) is 0 Å². The number of guanidine groups is 1. The van der Waals surface area contributed by atoms with E-state index in [2.05, 4.69) is 10.3 Å². The fraction of sp³-hybridized carbons (Fsp3) is 0.500. The summed E-state index contributed by atoms with van der Waals surface area (Å²) in [7, 11) is 1.51. The second-order valence-electron chi connectivity index (χ2n) is 4.15. The molecule has 0 saturated heterocycles. The van der Waals surface area contributed by atoms with Gasteiger partial charge < -0.3 is 25.6 Å². The third-order valence-electron chi connectivity index (χ3n) is 2.70. The highest BCUT2D eigenvalue weighted by atomic mass is 127. The lowest BCUT2D eigenvalue weighted by Gasteiger charge is -2.08. The topological polar surface area (TPSA) is 89.1 Å². The Hall–Kier alpha value is -1.22. The van der Waals surface area contributed by atoms with Crippen molar-refractivity contribution in [1.29, 1.82) is 0 Å². The molecule has 0 aliphatic carbocycles. The van der Waals surface area contributed by atoms with Crippen molar-refractivity contribution in [1.82, 2.24) is 5.32 Å². The average Bonchev–Trinajstić information content (AvgIpc) is 2.46. The van der Waals surface area contributed by atoms with E-state index in [0.717, 1.165) is 13.0 Å². The van der Waals surface area contributed by atoms with E-state index in [0.29, 0.717) is 37.0 Å². The third-order valence-corrected chi connectivity index (χ3v) is 2.70. The predicted molar refractivity (Wildman–Crippen MR) is 94.5 cm³/mol. The van der Waals surface area contributed by atoms with Gasteiger partial charge in [0.1, 0.15) is 0 Å². The van der Waals surface area contributed by atoms with E-state index < -0.39 is 0 Å². The van der Waals surface area contributed by atoms with Gasteiger partial charge >= 0.3 is 0 Å². The minimum atomic E-state index is 0. The number of rotatable bonds is 8. The summed E-state index contributed by atoms with van der Waals surface area (Å²) in [5.41, 5.74) is 6.41. The van der Waals surface area contributed by atoms with E-state index in [1.807, 2.05) is 6.92 Å². The van der Waals surface area contributed by atoms with Crippen LogP contribution in [0.5, 0.6) is 11.5 Å². The van der Waals surface area contributed by atoms with Gasteiger partial charge in [-0.3, -0.25) is 0 Å². The van der Waals surface area contributed by atoms with Crippen molar-refractivity contribution in [2.24, 2.45) is 10.7 Å². The van der Waals surface area contributed by atoms with E-state index in [1.54, 1.807) is 18.2 Å². The number of ether oxygens (including phenoxy) is 2. The lowest BCUT2D eigenvalue weighted by atomic mass is 10.2. The Labute approximate surface area is 142 Å². The zero-order valence-electron chi connectivity index (χ0n) is 12.5. The normalized spacial score (nSPS) is 10.9. The smallest absolute Gasteiger partial charge is 0.188 e. The Morgan fingerprint density at radius 1 is 1.43 bits per heavy atom. The number of hydrogen-bond acceptors (Lipinski definition) is 4. The third kappa shape index (κ3) is 7.37. The summed E-state index contributed by atoms with van der Waals surface area (Å²) in [5, 5.41) is 12.9. The summed E-state index contributed by atoms with van der Waals surface area (Å²) in [5.74, 6) is 0.882. The molecule has 7 heteroatoms. The molecule has 0 atom stereocenters. The Morgan fingerprint density at radius 3 is 2.86 bits per heavy atom. The molecule has 0 amide bonds. The van der Waals surface area contributed by atoms with Crippen LogP contribution in [0.25, 0.3) is 0 Å². The number of phenols is 1. The molecule has 6 nitrogen and oxygen atoms in total. The number of halogens is 1. The molecular weight excluding hydrogens is 385 g/mol. The van der Waals surface area contributed by atoms with Crippen LogP contribution in [0.2, 0.25) is 0 Å². The first kappa shape index (κ1) is 19.8. The Balaban J connectivity index is 0.00000400. The van der Waals surface area contributed by atoms with Crippen molar-refractivity contribution in [3.8, 4) is 11.5 Å². The lowest BCUT2D eigenvalue weighted by Crippen LogP contribution is -2.32. The summed E-state index contributed by atoms with van der Waals surface area (Å²) in [6.07, 6.45) is 0.870. The van der Waals surface area contributed by atoms with Gasteiger partial charge in [-0.15, -0.1) is 24.0 Å². The number of phenolic OH excluding ortho intramolecular Hbond substituents is 1. The summed E-state index contributed by atoms with van der Waals surface area (Å²) in [6.45, 7) is 4.39. The van der Waals surface area contributed by atoms with Crippen molar-refractivity contribution in [2.75, 3.05) is 26.9 Å². The Bertz CT molecular complexity index is 441. The largest absolute Gasteiger partial charge is 0.504 e. The van der Waals surface area contributed by atoms with Gasteiger partial charge in [0.25, 0.3) is 0 Å². The zero-order chi connectivity index (χ0) is 14.8. The van der Waals surface area contributed by atoms with Crippen molar-refractivity contribution in [2.45, 2.75) is 19.9 Å². The van der Waals surface area contributed by atoms with Gasteiger partial charge in [0.15, 0.2) is 17.5 Å². The van der Waals surface area contributed by atoms with E-state index in [9.17, 15) is 5.11 Å². The maximum atomic E-state index is 9.90.